The monoisotopic (exact) mass is 208 g/mol. The zero-order chi connectivity index (χ0) is 11.0. The van der Waals surface area contributed by atoms with Gasteiger partial charge in [-0.1, -0.05) is 12.2 Å². The molecule has 0 unspecified atom stereocenters. The van der Waals surface area contributed by atoms with Crippen LogP contribution in [0.2, 0.25) is 0 Å². The molecule has 0 saturated carbocycles. The minimum absolute atomic E-state index is 0.0349. The lowest BCUT2D eigenvalue weighted by atomic mass is 9.85. The second-order valence-electron chi connectivity index (χ2n) is 4.29. The third kappa shape index (κ3) is 1.49. The molecular formula is C11H16N2O2. The van der Waals surface area contributed by atoms with Crippen molar-refractivity contribution in [3.05, 3.63) is 12.2 Å². The highest BCUT2D eigenvalue weighted by Gasteiger charge is 2.48. The van der Waals surface area contributed by atoms with Gasteiger partial charge in [-0.25, -0.2) is 0 Å². The van der Waals surface area contributed by atoms with Crippen LogP contribution in [0.25, 0.3) is 0 Å². The average molecular weight is 208 g/mol. The van der Waals surface area contributed by atoms with E-state index in [-0.39, 0.29) is 29.7 Å². The van der Waals surface area contributed by atoms with Crippen molar-refractivity contribution in [1.29, 1.82) is 0 Å². The first-order valence-corrected chi connectivity index (χ1v) is 5.38. The summed E-state index contributed by atoms with van der Waals surface area (Å²) in [6, 6.07) is -0.171. The Kier molecular flexibility index (Phi) is 2.61. The summed E-state index contributed by atoms with van der Waals surface area (Å²) in [7, 11) is 0. The number of nitrogens with zero attached hydrogens (tertiary/aromatic N) is 1. The summed E-state index contributed by atoms with van der Waals surface area (Å²) in [6.07, 6.45) is 5.37. The Bertz CT molecular complexity index is 299. The van der Waals surface area contributed by atoms with Gasteiger partial charge in [-0.05, 0) is 19.8 Å². The fourth-order valence-corrected chi connectivity index (χ4v) is 2.37. The maximum Gasteiger partial charge on any atom is 0.233 e. The summed E-state index contributed by atoms with van der Waals surface area (Å²) in [6.45, 7) is 2.16. The van der Waals surface area contributed by atoms with Crippen LogP contribution in [0.1, 0.15) is 19.8 Å². The van der Waals surface area contributed by atoms with E-state index < -0.39 is 0 Å². The molecule has 0 aromatic carbocycles. The fourth-order valence-electron chi connectivity index (χ4n) is 2.37. The van der Waals surface area contributed by atoms with Gasteiger partial charge in [-0.15, -0.1) is 0 Å². The van der Waals surface area contributed by atoms with E-state index in [1.807, 2.05) is 19.1 Å². The first-order valence-electron chi connectivity index (χ1n) is 5.38. The molecule has 2 aliphatic rings. The van der Waals surface area contributed by atoms with Gasteiger partial charge < -0.3 is 5.73 Å². The van der Waals surface area contributed by atoms with E-state index in [4.69, 9.17) is 5.73 Å². The number of carbonyl (C=O) groups excluding carboxylic acids is 2. The molecule has 3 atom stereocenters. The second kappa shape index (κ2) is 3.77. The lowest BCUT2D eigenvalue weighted by molar-refractivity contribution is -0.142. The number of imide groups is 1. The van der Waals surface area contributed by atoms with Crippen LogP contribution in [0.3, 0.4) is 0 Å². The first kappa shape index (κ1) is 10.4. The summed E-state index contributed by atoms with van der Waals surface area (Å²) >= 11 is 0. The molecular weight excluding hydrogens is 192 g/mol. The molecule has 82 valence electrons. The maximum absolute atomic E-state index is 12.0. The highest BCUT2D eigenvalue weighted by atomic mass is 16.2. The molecule has 1 fully saturated rings. The van der Waals surface area contributed by atoms with Crippen molar-refractivity contribution >= 4 is 11.8 Å². The number of hydrogen-bond donors (Lipinski definition) is 1. The molecule has 1 saturated heterocycles. The third-order valence-corrected chi connectivity index (χ3v) is 3.32. The molecule has 0 aromatic heterocycles. The second-order valence-corrected chi connectivity index (χ2v) is 4.29. The van der Waals surface area contributed by atoms with Gasteiger partial charge in [0.2, 0.25) is 11.8 Å². The topological polar surface area (TPSA) is 63.4 Å². The molecule has 2 N–H and O–H groups in total. The minimum atomic E-state index is -0.171. The highest BCUT2D eigenvalue weighted by Crippen LogP contribution is 2.35. The van der Waals surface area contributed by atoms with E-state index in [0.717, 1.165) is 0 Å². The van der Waals surface area contributed by atoms with Gasteiger partial charge in [0.05, 0.1) is 11.8 Å². The summed E-state index contributed by atoms with van der Waals surface area (Å²) in [4.78, 5) is 25.3. The van der Waals surface area contributed by atoms with E-state index in [1.54, 1.807) is 0 Å². The van der Waals surface area contributed by atoms with Crippen LogP contribution >= 0.6 is 0 Å². The van der Waals surface area contributed by atoms with E-state index >= 15 is 0 Å². The van der Waals surface area contributed by atoms with Gasteiger partial charge in [0.1, 0.15) is 0 Å². The minimum Gasteiger partial charge on any atom is -0.328 e. The Morgan fingerprint density at radius 2 is 1.80 bits per heavy atom. The maximum atomic E-state index is 12.0. The van der Waals surface area contributed by atoms with Crippen LogP contribution in [0.15, 0.2) is 12.2 Å². The number of fused-ring (bicyclic) bond motifs is 1. The number of hydrogen-bond acceptors (Lipinski definition) is 3. The van der Waals surface area contributed by atoms with Crippen molar-refractivity contribution < 1.29 is 9.59 Å². The molecule has 4 nitrogen and oxygen atoms in total. The van der Waals surface area contributed by atoms with Gasteiger partial charge in [0.25, 0.3) is 0 Å². The normalized spacial score (nSPS) is 32.0. The van der Waals surface area contributed by atoms with Crippen molar-refractivity contribution in [2.75, 3.05) is 6.54 Å². The zero-order valence-corrected chi connectivity index (χ0v) is 8.85. The molecule has 1 heterocycles. The average Bonchev–Trinajstić information content (AvgIpc) is 2.52. The predicted octanol–water partition coefficient (Wildman–Crippen LogP) is 0.285. The predicted molar refractivity (Wildman–Crippen MR) is 55.7 cm³/mol. The summed E-state index contributed by atoms with van der Waals surface area (Å²) in [5.41, 5.74) is 5.50. The Labute approximate surface area is 89.1 Å². The molecule has 0 aromatic rings. The van der Waals surface area contributed by atoms with Crippen LogP contribution in [0.4, 0.5) is 0 Å². The Morgan fingerprint density at radius 1 is 1.33 bits per heavy atom. The van der Waals surface area contributed by atoms with E-state index in [9.17, 15) is 9.59 Å². The highest BCUT2D eigenvalue weighted by molar-refractivity contribution is 6.05. The molecule has 0 bridgehead atoms. The van der Waals surface area contributed by atoms with Crippen molar-refractivity contribution in [1.82, 2.24) is 4.90 Å². The molecule has 2 rings (SSSR count). The SMILES string of the molecule is C[C@H](CN)N1C(=O)[C@@H]2CC=CC[C@H]2C1=O. The Hall–Kier alpha value is -1.16. The smallest absolute Gasteiger partial charge is 0.233 e. The number of amides is 2. The number of likely N-dealkylation sites (tertiary alicyclic amines) is 1. The van der Waals surface area contributed by atoms with Crippen molar-refractivity contribution in [3.63, 3.8) is 0 Å². The number of carbonyl (C=O) groups is 2. The van der Waals surface area contributed by atoms with Crippen molar-refractivity contribution in [2.24, 2.45) is 17.6 Å². The largest absolute Gasteiger partial charge is 0.328 e. The van der Waals surface area contributed by atoms with Gasteiger partial charge in [0, 0.05) is 12.6 Å². The first-order chi connectivity index (χ1) is 7.16. The summed E-state index contributed by atoms with van der Waals surface area (Å²) in [5, 5.41) is 0. The molecule has 1 aliphatic carbocycles. The number of allylic oxidation sites excluding steroid dienone is 2. The van der Waals surface area contributed by atoms with Crippen molar-refractivity contribution in [2.45, 2.75) is 25.8 Å². The summed E-state index contributed by atoms with van der Waals surface area (Å²) < 4.78 is 0. The Morgan fingerprint density at radius 3 is 2.20 bits per heavy atom. The van der Waals surface area contributed by atoms with E-state index in [1.165, 1.54) is 4.90 Å². The van der Waals surface area contributed by atoms with Gasteiger partial charge in [-0.3, -0.25) is 14.5 Å². The molecule has 15 heavy (non-hydrogen) atoms. The van der Waals surface area contributed by atoms with Crippen LogP contribution in [-0.2, 0) is 9.59 Å². The standard InChI is InChI=1S/C11H16N2O2/c1-7(6-12)13-10(14)8-4-2-3-5-9(8)11(13)15/h2-3,7-9H,4-6,12H2,1H3/t7-,8-,9-/m1/s1. The summed E-state index contributed by atoms with van der Waals surface area (Å²) in [5.74, 6) is -0.326. The van der Waals surface area contributed by atoms with Crippen LogP contribution in [-0.4, -0.2) is 29.3 Å². The lowest BCUT2D eigenvalue weighted by Gasteiger charge is -2.21. The Balaban J connectivity index is 2.24. The van der Waals surface area contributed by atoms with Gasteiger partial charge in [0.15, 0.2) is 0 Å². The van der Waals surface area contributed by atoms with Crippen LogP contribution < -0.4 is 5.73 Å². The number of nitrogens with two attached hydrogens (primary N) is 1. The number of rotatable bonds is 2. The fraction of sp³-hybridized carbons (Fsp3) is 0.636. The third-order valence-electron chi connectivity index (χ3n) is 3.32. The zero-order valence-electron chi connectivity index (χ0n) is 8.85. The lowest BCUT2D eigenvalue weighted by Crippen LogP contribution is -2.43. The molecule has 0 spiro atoms. The van der Waals surface area contributed by atoms with E-state index in [0.29, 0.717) is 19.4 Å². The van der Waals surface area contributed by atoms with E-state index in [2.05, 4.69) is 0 Å². The molecule has 4 heteroatoms. The quantitative estimate of drug-likeness (QED) is 0.524. The van der Waals surface area contributed by atoms with Crippen molar-refractivity contribution in [3.8, 4) is 0 Å². The molecule has 1 aliphatic heterocycles. The molecule has 0 radical (unpaired) electrons. The van der Waals surface area contributed by atoms with Gasteiger partial charge in [-0.2, -0.15) is 0 Å². The van der Waals surface area contributed by atoms with Crippen LogP contribution in [0.5, 0.6) is 0 Å². The van der Waals surface area contributed by atoms with Gasteiger partial charge >= 0.3 is 0 Å². The molecule has 2 amide bonds. The van der Waals surface area contributed by atoms with Crippen LogP contribution in [0, 0.1) is 11.8 Å².